The molecule has 4 unspecified atom stereocenters. The maximum atomic E-state index is 11.0. The monoisotopic (exact) mass is 1030 g/mol. The Morgan fingerprint density at radius 1 is 0.415 bits per heavy atom. The van der Waals surface area contributed by atoms with Crippen LogP contribution in [0.3, 0.4) is 0 Å². The average molecular weight is 1030 g/mol. The molecule has 0 N–H and O–H groups in total. The molecular weight excluding hydrogens is 946 g/mol. The van der Waals surface area contributed by atoms with Gasteiger partial charge in [-0.15, -0.1) is 0 Å². The Morgan fingerprint density at radius 3 is 0.938 bits per heavy atom. The molecule has 2 aromatic rings. The van der Waals surface area contributed by atoms with Crippen LogP contribution >= 0.6 is 0 Å². The first kappa shape index (κ1) is 62.8. The predicted molar refractivity (Wildman–Crippen MR) is 258 cm³/mol. The van der Waals surface area contributed by atoms with E-state index in [4.69, 9.17) is 18.9 Å². The van der Waals surface area contributed by atoms with Crippen LogP contribution in [0, 0.1) is 0 Å². The number of carbonyl (C=O) groups is 4. The van der Waals surface area contributed by atoms with Gasteiger partial charge in [-0.05, 0) is 62.5 Å². The molecule has 0 bridgehead atoms. The third-order valence-corrected chi connectivity index (χ3v) is 11.5. The SMILES string of the molecule is CCCCC(CCCCCCCCCCC(CC(=O)[O-])OC(C)=O)OCc1ccccc1.CCCCC(CCCCCCCCCCC(CC(=O)[O-])OC(C)=O)OCc1ccccc1.[Ba+2]. The zero-order valence-corrected chi connectivity index (χ0v) is 45.5. The van der Waals surface area contributed by atoms with Crippen LogP contribution in [-0.4, -0.2) is 97.2 Å². The van der Waals surface area contributed by atoms with E-state index in [1.54, 1.807) is 0 Å². The van der Waals surface area contributed by atoms with Gasteiger partial charge in [-0.3, -0.25) is 9.59 Å². The molecule has 65 heavy (non-hydrogen) atoms. The summed E-state index contributed by atoms with van der Waals surface area (Å²) >= 11 is 0. The van der Waals surface area contributed by atoms with Crippen molar-refractivity contribution in [3.05, 3.63) is 71.8 Å². The fourth-order valence-electron chi connectivity index (χ4n) is 7.92. The van der Waals surface area contributed by atoms with Gasteiger partial charge in [-0.1, -0.05) is 190 Å². The van der Waals surface area contributed by atoms with Crippen LogP contribution < -0.4 is 10.2 Å². The number of hydrogen-bond donors (Lipinski definition) is 0. The standard InChI is InChI=1S/2C27H44O5.Ba/c2*1-3-4-18-25(31-22-24-16-12-11-13-17-24)19-14-9-7-5-6-8-10-15-20-26(21-27(29)30)32-23(2)28;/h2*11-13,16-17,25-26H,3-10,14-15,18-22H2,1-2H3,(H,29,30);/q;;+2/p-2. The largest absolute Gasteiger partial charge is 2.00 e. The van der Waals surface area contributed by atoms with Crippen LogP contribution in [0.5, 0.6) is 0 Å². The number of carboxylic acid groups (broad SMARTS) is 2. The fourth-order valence-corrected chi connectivity index (χ4v) is 7.92. The number of benzene rings is 2. The second-order valence-electron chi connectivity index (χ2n) is 17.5. The van der Waals surface area contributed by atoms with Gasteiger partial charge in [-0.2, -0.15) is 0 Å². The first-order valence-electron chi connectivity index (χ1n) is 25.1. The minimum absolute atomic E-state index is 0. The summed E-state index contributed by atoms with van der Waals surface area (Å²) < 4.78 is 22.5. The molecule has 2 rings (SSSR count). The smallest absolute Gasteiger partial charge is 0.550 e. The molecule has 0 saturated heterocycles. The fraction of sp³-hybridized carbons (Fsp3) is 0.704. The number of aliphatic carboxylic acids is 2. The van der Waals surface area contributed by atoms with Crippen LogP contribution in [0.1, 0.15) is 219 Å². The van der Waals surface area contributed by atoms with Crippen molar-refractivity contribution in [2.45, 2.75) is 245 Å². The molecule has 0 saturated carbocycles. The number of esters is 2. The van der Waals surface area contributed by atoms with E-state index >= 15 is 0 Å². The van der Waals surface area contributed by atoms with Gasteiger partial charge in [0.1, 0.15) is 12.2 Å². The summed E-state index contributed by atoms with van der Waals surface area (Å²) in [6, 6.07) is 20.8. The van der Waals surface area contributed by atoms with Crippen molar-refractivity contribution < 1.29 is 48.3 Å². The van der Waals surface area contributed by atoms with Gasteiger partial charge in [0, 0.05) is 38.6 Å². The molecule has 0 heterocycles. The molecular formula is C54H86BaO10. The van der Waals surface area contributed by atoms with Gasteiger partial charge in [0.15, 0.2) is 0 Å². The van der Waals surface area contributed by atoms with Crippen molar-refractivity contribution in [3.8, 4) is 0 Å². The number of hydrogen-bond acceptors (Lipinski definition) is 10. The summed E-state index contributed by atoms with van der Waals surface area (Å²) in [4.78, 5) is 43.6. The van der Waals surface area contributed by atoms with Crippen LogP contribution in [-0.2, 0) is 51.3 Å². The molecule has 0 aromatic heterocycles. The molecule has 0 radical (unpaired) electrons. The van der Waals surface area contributed by atoms with Crippen molar-refractivity contribution >= 4 is 72.8 Å². The number of unbranched alkanes of at least 4 members (excludes halogenated alkanes) is 16. The predicted octanol–water partition coefficient (Wildman–Crippen LogP) is 11.1. The minimum atomic E-state index is -1.17. The molecule has 0 aliphatic heterocycles. The molecule has 11 heteroatoms. The molecule has 0 aliphatic carbocycles. The van der Waals surface area contributed by atoms with Gasteiger partial charge in [0.05, 0.1) is 25.4 Å². The number of carbonyl (C=O) groups excluding carboxylic acids is 4. The molecule has 0 amide bonds. The van der Waals surface area contributed by atoms with Crippen molar-refractivity contribution in [1.29, 1.82) is 0 Å². The summed E-state index contributed by atoms with van der Waals surface area (Å²) in [5.74, 6) is -3.20. The average Bonchev–Trinajstić information content (AvgIpc) is 3.26. The summed E-state index contributed by atoms with van der Waals surface area (Å²) in [6.07, 6.45) is 28.2. The zero-order valence-electron chi connectivity index (χ0n) is 41.1. The van der Waals surface area contributed by atoms with E-state index in [1.165, 1.54) is 115 Å². The molecule has 4 atom stereocenters. The van der Waals surface area contributed by atoms with Gasteiger partial charge in [0.25, 0.3) is 0 Å². The Hall–Kier alpha value is -2.19. The quantitative estimate of drug-likeness (QED) is 0.0358. The minimum Gasteiger partial charge on any atom is -0.550 e. The summed E-state index contributed by atoms with van der Waals surface area (Å²) in [6.45, 7) is 8.49. The van der Waals surface area contributed by atoms with E-state index in [1.807, 2.05) is 12.1 Å². The van der Waals surface area contributed by atoms with Crippen LogP contribution in [0.2, 0.25) is 0 Å². The van der Waals surface area contributed by atoms with Crippen LogP contribution in [0.4, 0.5) is 0 Å². The van der Waals surface area contributed by atoms with Crippen LogP contribution in [0.25, 0.3) is 0 Å². The third kappa shape index (κ3) is 40.6. The maximum absolute atomic E-state index is 11.0. The topological polar surface area (TPSA) is 151 Å². The van der Waals surface area contributed by atoms with Crippen molar-refractivity contribution in [1.82, 2.24) is 0 Å². The second kappa shape index (κ2) is 44.3. The number of carboxylic acids is 2. The summed E-state index contributed by atoms with van der Waals surface area (Å²) in [5, 5.41) is 21.5. The summed E-state index contributed by atoms with van der Waals surface area (Å²) in [5.41, 5.74) is 2.49. The molecule has 0 aliphatic rings. The molecule has 10 nitrogen and oxygen atoms in total. The Labute approximate surface area is 434 Å². The Balaban J connectivity index is 0.00000124. The number of rotatable bonds is 40. The first-order valence-corrected chi connectivity index (χ1v) is 25.1. The number of ether oxygens (including phenoxy) is 4. The van der Waals surface area contributed by atoms with Crippen LogP contribution in [0.15, 0.2) is 60.7 Å². The van der Waals surface area contributed by atoms with E-state index in [0.717, 1.165) is 64.2 Å². The van der Waals surface area contributed by atoms with Gasteiger partial charge >= 0.3 is 60.8 Å². The Morgan fingerprint density at radius 2 is 0.677 bits per heavy atom. The Kier molecular flexibility index (Phi) is 42.8. The third-order valence-electron chi connectivity index (χ3n) is 11.5. The van der Waals surface area contributed by atoms with E-state index < -0.39 is 36.1 Å². The van der Waals surface area contributed by atoms with Gasteiger partial charge in [-0.25, -0.2) is 0 Å². The molecule has 0 spiro atoms. The molecule has 0 fully saturated rings. The molecule has 364 valence electrons. The van der Waals surface area contributed by atoms with Crippen molar-refractivity contribution in [2.24, 2.45) is 0 Å². The first-order chi connectivity index (χ1) is 31.0. The van der Waals surface area contributed by atoms with E-state index in [-0.39, 0.29) is 61.7 Å². The van der Waals surface area contributed by atoms with Crippen molar-refractivity contribution in [2.75, 3.05) is 0 Å². The normalized spacial score (nSPS) is 12.7. The van der Waals surface area contributed by atoms with Gasteiger partial charge < -0.3 is 38.7 Å². The van der Waals surface area contributed by atoms with E-state index in [0.29, 0.717) is 38.3 Å². The Bertz CT molecular complexity index is 1290. The molecule has 2 aromatic carbocycles. The maximum Gasteiger partial charge on any atom is 2.00 e. The van der Waals surface area contributed by atoms with E-state index in [9.17, 15) is 29.4 Å². The summed E-state index contributed by atoms with van der Waals surface area (Å²) in [7, 11) is 0. The van der Waals surface area contributed by atoms with Gasteiger partial charge in [0.2, 0.25) is 0 Å². The van der Waals surface area contributed by atoms with E-state index in [2.05, 4.69) is 62.4 Å². The second-order valence-corrected chi connectivity index (χ2v) is 17.5. The zero-order chi connectivity index (χ0) is 46.9. The van der Waals surface area contributed by atoms with Crippen molar-refractivity contribution in [3.63, 3.8) is 0 Å².